The van der Waals surface area contributed by atoms with Crippen LogP contribution in [-0.4, -0.2) is 10.9 Å². The highest BCUT2D eigenvalue weighted by Crippen LogP contribution is 2.30. The number of halogens is 1. The first-order valence-electron chi connectivity index (χ1n) is 7.80. The van der Waals surface area contributed by atoms with Crippen molar-refractivity contribution >= 4 is 28.6 Å². The summed E-state index contributed by atoms with van der Waals surface area (Å²) in [6.07, 6.45) is 1.56. The lowest BCUT2D eigenvalue weighted by atomic mass is 10.1. The molecule has 0 fully saturated rings. The van der Waals surface area contributed by atoms with Crippen molar-refractivity contribution in [3.05, 3.63) is 87.0 Å². The van der Waals surface area contributed by atoms with Gasteiger partial charge in [-0.2, -0.15) is 0 Å². The van der Waals surface area contributed by atoms with Gasteiger partial charge in [0.2, 0.25) is 0 Å². The summed E-state index contributed by atoms with van der Waals surface area (Å²) in [5.41, 5.74) is 1.55. The molecular weight excluding hydrogens is 371 g/mol. The van der Waals surface area contributed by atoms with Gasteiger partial charge in [-0.05, 0) is 47.8 Å². The Morgan fingerprint density at radius 3 is 2.65 bits per heavy atom. The highest BCUT2D eigenvalue weighted by molar-refractivity contribution is 7.12. The van der Waals surface area contributed by atoms with Crippen LogP contribution in [0.5, 0.6) is 0 Å². The molecule has 1 amide bonds. The van der Waals surface area contributed by atoms with E-state index < -0.39 is 6.04 Å². The Bertz CT molecular complexity index is 993. The maximum atomic E-state index is 13.1. The van der Waals surface area contributed by atoms with Gasteiger partial charge >= 0.3 is 0 Å². The van der Waals surface area contributed by atoms with Crippen molar-refractivity contribution in [1.82, 2.24) is 10.3 Å². The monoisotopic (exact) mass is 384 g/mol. The summed E-state index contributed by atoms with van der Waals surface area (Å²) in [6, 6.07) is 12.8. The minimum Gasteiger partial charge on any atom is -0.467 e. The predicted molar refractivity (Wildman–Crippen MR) is 99.8 cm³/mol. The summed E-state index contributed by atoms with van der Waals surface area (Å²) >= 11 is 2.79. The van der Waals surface area contributed by atoms with Gasteiger partial charge in [0, 0.05) is 10.9 Å². The lowest BCUT2D eigenvalue weighted by Gasteiger charge is -2.13. The number of carbonyl (C=O) groups excluding carboxylic acids is 1. The van der Waals surface area contributed by atoms with Crippen LogP contribution in [0.4, 0.5) is 4.39 Å². The first kappa shape index (κ1) is 16.7. The second-order valence-corrected chi connectivity index (χ2v) is 7.31. The molecule has 1 atom stereocenters. The number of rotatable bonds is 5. The summed E-state index contributed by atoms with van der Waals surface area (Å²) in [7, 11) is 0. The molecule has 1 N–H and O–H groups in total. The van der Waals surface area contributed by atoms with Crippen molar-refractivity contribution in [2.24, 2.45) is 0 Å². The van der Waals surface area contributed by atoms with Crippen LogP contribution in [0.2, 0.25) is 0 Å². The minimum atomic E-state index is -0.487. The fourth-order valence-corrected chi connectivity index (χ4v) is 4.00. The van der Waals surface area contributed by atoms with Crippen molar-refractivity contribution in [1.29, 1.82) is 0 Å². The van der Waals surface area contributed by atoms with E-state index in [1.54, 1.807) is 36.6 Å². The van der Waals surface area contributed by atoms with Crippen LogP contribution in [0.3, 0.4) is 0 Å². The largest absolute Gasteiger partial charge is 0.467 e. The van der Waals surface area contributed by atoms with Crippen LogP contribution < -0.4 is 5.32 Å². The van der Waals surface area contributed by atoms with Gasteiger partial charge in [-0.25, -0.2) is 9.37 Å². The zero-order valence-corrected chi connectivity index (χ0v) is 15.0. The molecule has 7 heteroatoms. The minimum absolute atomic E-state index is 0.181. The second-order valence-electron chi connectivity index (χ2n) is 5.48. The number of thiazole rings is 1. The SMILES string of the molecule is O=C(NC(c1ccco1)c1nc(-c2ccc(F)cc2)cs1)c1cccs1. The zero-order valence-electron chi connectivity index (χ0n) is 13.4. The summed E-state index contributed by atoms with van der Waals surface area (Å²) in [6.45, 7) is 0. The third-order valence-corrected chi connectivity index (χ3v) is 5.54. The maximum Gasteiger partial charge on any atom is 0.262 e. The van der Waals surface area contributed by atoms with Crippen molar-refractivity contribution < 1.29 is 13.6 Å². The third kappa shape index (κ3) is 3.44. The topological polar surface area (TPSA) is 55.1 Å². The van der Waals surface area contributed by atoms with Crippen LogP contribution in [0, 0.1) is 5.82 Å². The summed E-state index contributed by atoms with van der Waals surface area (Å²) in [5, 5.41) is 7.41. The molecule has 0 saturated carbocycles. The molecule has 3 aromatic heterocycles. The van der Waals surface area contributed by atoms with E-state index in [0.717, 1.165) is 11.3 Å². The number of nitrogens with zero attached hydrogens (tertiary/aromatic N) is 1. The van der Waals surface area contributed by atoms with Gasteiger partial charge in [0.25, 0.3) is 5.91 Å². The number of carbonyl (C=O) groups is 1. The van der Waals surface area contributed by atoms with Gasteiger partial charge in [0.15, 0.2) is 0 Å². The number of hydrogen-bond donors (Lipinski definition) is 1. The molecule has 4 nitrogen and oxygen atoms in total. The van der Waals surface area contributed by atoms with E-state index in [1.165, 1.54) is 34.8 Å². The van der Waals surface area contributed by atoms with Crippen molar-refractivity contribution in [3.63, 3.8) is 0 Å². The molecule has 0 bridgehead atoms. The van der Waals surface area contributed by atoms with E-state index in [-0.39, 0.29) is 11.7 Å². The number of benzene rings is 1. The Balaban J connectivity index is 1.64. The molecule has 0 aliphatic heterocycles. The standard InChI is InChI=1S/C19H13FN2O2S2/c20-13-7-5-12(6-8-13)14-11-26-19(21-14)17(15-3-1-9-24-15)22-18(23)16-4-2-10-25-16/h1-11,17H,(H,22,23). The quantitative estimate of drug-likeness (QED) is 0.519. The number of furan rings is 1. The van der Waals surface area contributed by atoms with E-state index >= 15 is 0 Å². The molecule has 0 spiro atoms. The smallest absolute Gasteiger partial charge is 0.262 e. The molecule has 0 radical (unpaired) electrons. The van der Waals surface area contributed by atoms with E-state index in [4.69, 9.17) is 4.42 Å². The summed E-state index contributed by atoms with van der Waals surface area (Å²) in [4.78, 5) is 17.7. The van der Waals surface area contributed by atoms with Crippen LogP contribution in [0.25, 0.3) is 11.3 Å². The van der Waals surface area contributed by atoms with E-state index in [9.17, 15) is 9.18 Å². The Labute approximate surface area is 157 Å². The molecule has 26 heavy (non-hydrogen) atoms. The lowest BCUT2D eigenvalue weighted by Crippen LogP contribution is -2.28. The zero-order chi connectivity index (χ0) is 17.9. The van der Waals surface area contributed by atoms with Crippen LogP contribution in [-0.2, 0) is 0 Å². The number of nitrogens with one attached hydrogen (secondary N) is 1. The Kier molecular flexibility index (Phi) is 4.64. The molecule has 1 aromatic carbocycles. The second kappa shape index (κ2) is 7.23. The third-order valence-electron chi connectivity index (χ3n) is 3.76. The maximum absolute atomic E-state index is 13.1. The predicted octanol–water partition coefficient (Wildman–Crippen LogP) is 5.12. The average molecular weight is 384 g/mol. The molecule has 1 unspecified atom stereocenters. The summed E-state index contributed by atoms with van der Waals surface area (Å²) < 4.78 is 18.6. The number of aromatic nitrogens is 1. The van der Waals surface area contributed by atoms with E-state index in [1.807, 2.05) is 16.8 Å². The van der Waals surface area contributed by atoms with Crippen LogP contribution in [0.15, 0.2) is 70.0 Å². The van der Waals surface area contributed by atoms with Gasteiger partial charge in [0.1, 0.15) is 22.6 Å². The van der Waals surface area contributed by atoms with E-state index in [0.29, 0.717) is 15.6 Å². The average Bonchev–Trinajstić information content (AvgIpc) is 3.42. The van der Waals surface area contributed by atoms with E-state index in [2.05, 4.69) is 10.3 Å². The molecule has 0 aliphatic rings. The number of thiophene rings is 1. The molecule has 0 saturated heterocycles. The molecular formula is C19H13FN2O2S2. The van der Waals surface area contributed by atoms with Crippen molar-refractivity contribution in [2.75, 3.05) is 0 Å². The van der Waals surface area contributed by atoms with Gasteiger partial charge in [-0.15, -0.1) is 22.7 Å². The fourth-order valence-electron chi connectivity index (χ4n) is 2.49. The van der Waals surface area contributed by atoms with Gasteiger partial charge in [0.05, 0.1) is 16.8 Å². The van der Waals surface area contributed by atoms with Gasteiger partial charge in [-0.1, -0.05) is 6.07 Å². The molecule has 0 aliphatic carbocycles. The van der Waals surface area contributed by atoms with Gasteiger partial charge in [-0.3, -0.25) is 4.79 Å². The van der Waals surface area contributed by atoms with Gasteiger partial charge < -0.3 is 9.73 Å². The molecule has 4 rings (SSSR count). The normalized spacial score (nSPS) is 12.0. The first-order valence-corrected chi connectivity index (χ1v) is 9.56. The van der Waals surface area contributed by atoms with Crippen LogP contribution in [0.1, 0.15) is 26.5 Å². The number of amides is 1. The molecule has 130 valence electrons. The molecule has 4 aromatic rings. The Morgan fingerprint density at radius 2 is 1.96 bits per heavy atom. The van der Waals surface area contributed by atoms with Crippen LogP contribution >= 0.6 is 22.7 Å². The Morgan fingerprint density at radius 1 is 1.12 bits per heavy atom. The van der Waals surface area contributed by atoms with Crippen molar-refractivity contribution in [3.8, 4) is 11.3 Å². The Hall–Kier alpha value is -2.77. The molecule has 3 heterocycles. The lowest BCUT2D eigenvalue weighted by molar-refractivity contribution is 0.0943. The number of hydrogen-bond acceptors (Lipinski definition) is 5. The van der Waals surface area contributed by atoms with Crippen molar-refractivity contribution in [2.45, 2.75) is 6.04 Å². The highest BCUT2D eigenvalue weighted by atomic mass is 32.1. The highest BCUT2D eigenvalue weighted by Gasteiger charge is 2.24. The first-order chi connectivity index (χ1) is 12.7. The summed E-state index contributed by atoms with van der Waals surface area (Å²) in [5.74, 6) is 0.135. The fraction of sp³-hybridized carbons (Fsp3) is 0.0526.